The van der Waals surface area contributed by atoms with E-state index in [4.69, 9.17) is 23.4 Å². The number of amides is 1. The molecule has 0 aromatic heterocycles. The predicted octanol–water partition coefficient (Wildman–Crippen LogP) is 5.37. The third-order valence-corrected chi connectivity index (χ3v) is 8.48. The smallest absolute Gasteiger partial charge is 0.407 e. The quantitative estimate of drug-likeness (QED) is 0.200. The highest BCUT2D eigenvalue weighted by Crippen LogP contribution is 2.23. The lowest BCUT2D eigenvalue weighted by atomic mass is 9.87. The highest BCUT2D eigenvalue weighted by Gasteiger charge is 2.22. The summed E-state index contributed by atoms with van der Waals surface area (Å²) in [5, 5.41) is 5.09. The molecule has 0 saturated carbocycles. The Hall–Kier alpha value is -3.17. The maximum atomic E-state index is 11.6. The molecule has 42 heavy (non-hydrogen) atoms. The Morgan fingerprint density at radius 1 is 0.786 bits per heavy atom. The average Bonchev–Trinajstić information content (AvgIpc) is 2.94. The second-order valence-electron chi connectivity index (χ2n) is 12.1. The molecule has 227 valence electrons. The van der Waals surface area contributed by atoms with Crippen molar-refractivity contribution in [3.05, 3.63) is 89.5 Å². The summed E-state index contributed by atoms with van der Waals surface area (Å²) >= 11 is 0. The lowest BCUT2D eigenvalue weighted by molar-refractivity contribution is 0.0355. The molecular formula is C34H46NO6Si. The standard InChI is InChI=1S/C34H46NO6Si/c1-33(2,3)28-15-17-30(18-16-28)42(29-11-9-8-10-12-29)40-25-27-14-13-26(23-31(27)37-7)24-39-22-21-38-20-19-35-32(36)41-34(4,5)6/h8-18,23H,19-22,24-25H2,1-7H3,(H,35,36). The molecule has 1 radical (unpaired) electrons. The number of hydrogen-bond acceptors (Lipinski definition) is 6. The fourth-order valence-corrected chi connectivity index (χ4v) is 6.07. The molecule has 0 unspecified atom stereocenters. The zero-order valence-electron chi connectivity index (χ0n) is 26.1. The second kappa shape index (κ2) is 15.9. The number of alkyl carbamates (subject to hydrolysis) is 1. The van der Waals surface area contributed by atoms with Gasteiger partial charge in [0.1, 0.15) is 11.4 Å². The van der Waals surface area contributed by atoms with Crippen molar-refractivity contribution in [1.29, 1.82) is 0 Å². The number of rotatable bonds is 14. The molecule has 0 aliphatic carbocycles. The first kappa shape index (κ1) is 33.3. The molecule has 0 atom stereocenters. The van der Waals surface area contributed by atoms with E-state index in [1.807, 2.05) is 45.0 Å². The van der Waals surface area contributed by atoms with Crippen LogP contribution in [0.25, 0.3) is 0 Å². The molecule has 3 rings (SSSR count). The first-order chi connectivity index (χ1) is 20.0. The van der Waals surface area contributed by atoms with Crippen molar-refractivity contribution in [3.63, 3.8) is 0 Å². The van der Waals surface area contributed by atoms with Crippen LogP contribution in [0.5, 0.6) is 5.75 Å². The van der Waals surface area contributed by atoms with E-state index in [1.54, 1.807) is 7.11 Å². The number of hydrogen-bond donors (Lipinski definition) is 1. The third-order valence-electron chi connectivity index (χ3n) is 6.33. The van der Waals surface area contributed by atoms with Crippen LogP contribution in [0.1, 0.15) is 58.2 Å². The van der Waals surface area contributed by atoms with Crippen LogP contribution < -0.4 is 20.4 Å². The van der Waals surface area contributed by atoms with Gasteiger partial charge >= 0.3 is 6.09 Å². The monoisotopic (exact) mass is 592 g/mol. The summed E-state index contributed by atoms with van der Waals surface area (Å²) in [4.78, 5) is 11.6. The number of ether oxygens (including phenoxy) is 4. The summed E-state index contributed by atoms with van der Waals surface area (Å²) in [7, 11) is 0.220. The van der Waals surface area contributed by atoms with Crippen LogP contribution in [0.3, 0.4) is 0 Å². The van der Waals surface area contributed by atoms with E-state index < -0.39 is 20.7 Å². The van der Waals surface area contributed by atoms with Gasteiger partial charge < -0.3 is 28.7 Å². The number of carbonyl (C=O) groups excluding carboxylic acids is 1. The van der Waals surface area contributed by atoms with Crippen molar-refractivity contribution >= 4 is 25.5 Å². The highest BCUT2D eigenvalue weighted by atomic mass is 28.3. The van der Waals surface area contributed by atoms with Gasteiger partial charge in [0.05, 0.1) is 40.1 Å². The van der Waals surface area contributed by atoms with Crippen LogP contribution in [0, 0.1) is 0 Å². The van der Waals surface area contributed by atoms with Crippen LogP contribution in [-0.2, 0) is 37.3 Å². The maximum Gasteiger partial charge on any atom is 0.407 e. The van der Waals surface area contributed by atoms with Crippen molar-refractivity contribution < 1.29 is 28.2 Å². The van der Waals surface area contributed by atoms with E-state index in [0.29, 0.717) is 39.6 Å². The molecule has 1 amide bonds. The maximum absolute atomic E-state index is 11.6. The third kappa shape index (κ3) is 11.2. The molecule has 0 aliphatic heterocycles. The van der Waals surface area contributed by atoms with Gasteiger partial charge in [-0.2, -0.15) is 0 Å². The Labute approximate surface area is 253 Å². The molecule has 0 saturated heterocycles. The van der Waals surface area contributed by atoms with E-state index in [-0.39, 0.29) is 5.41 Å². The van der Waals surface area contributed by atoms with Gasteiger partial charge in [-0.1, -0.05) is 87.5 Å². The number of nitrogens with one attached hydrogen (secondary N) is 1. The Bertz CT molecular complexity index is 1240. The van der Waals surface area contributed by atoms with Crippen LogP contribution >= 0.6 is 0 Å². The van der Waals surface area contributed by atoms with Gasteiger partial charge in [0.25, 0.3) is 9.04 Å². The molecule has 3 aromatic carbocycles. The minimum atomic E-state index is -1.46. The Balaban J connectivity index is 1.50. The molecule has 8 heteroatoms. The number of carbonyl (C=O) groups is 1. The summed E-state index contributed by atoms with van der Waals surface area (Å²) in [5.41, 5.74) is 2.89. The first-order valence-electron chi connectivity index (χ1n) is 14.4. The highest BCUT2D eigenvalue weighted by molar-refractivity contribution is 6.80. The summed E-state index contributed by atoms with van der Waals surface area (Å²) in [6.07, 6.45) is -0.447. The molecule has 3 aromatic rings. The minimum absolute atomic E-state index is 0.103. The molecule has 0 bridgehead atoms. The fraction of sp³-hybridized carbons (Fsp3) is 0.441. The van der Waals surface area contributed by atoms with Crippen molar-refractivity contribution in [2.45, 2.75) is 65.8 Å². The summed E-state index contributed by atoms with van der Waals surface area (Å²) in [6.45, 7) is 14.7. The molecular weight excluding hydrogens is 546 g/mol. The van der Waals surface area contributed by atoms with E-state index in [0.717, 1.165) is 16.9 Å². The summed E-state index contributed by atoms with van der Waals surface area (Å²) < 4.78 is 28.8. The van der Waals surface area contributed by atoms with E-state index in [1.165, 1.54) is 15.9 Å². The van der Waals surface area contributed by atoms with Gasteiger partial charge in [-0.15, -0.1) is 0 Å². The largest absolute Gasteiger partial charge is 0.496 e. The normalized spacial score (nSPS) is 11.9. The predicted molar refractivity (Wildman–Crippen MR) is 169 cm³/mol. The molecule has 0 aliphatic rings. The van der Waals surface area contributed by atoms with Crippen molar-refractivity contribution in [2.24, 2.45) is 0 Å². The van der Waals surface area contributed by atoms with Gasteiger partial charge in [-0.3, -0.25) is 0 Å². The first-order valence-corrected chi connectivity index (χ1v) is 15.8. The van der Waals surface area contributed by atoms with Gasteiger partial charge in [0.15, 0.2) is 0 Å². The second-order valence-corrected chi connectivity index (χ2v) is 14.2. The minimum Gasteiger partial charge on any atom is -0.496 e. The Kier molecular flexibility index (Phi) is 12.6. The molecule has 0 spiro atoms. The van der Waals surface area contributed by atoms with Crippen LogP contribution in [0.2, 0.25) is 0 Å². The van der Waals surface area contributed by atoms with Gasteiger partial charge in [-0.05, 0) is 53.8 Å². The molecule has 0 heterocycles. The van der Waals surface area contributed by atoms with Crippen LogP contribution in [-0.4, -0.2) is 54.2 Å². The van der Waals surface area contributed by atoms with Crippen LogP contribution in [0.4, 0.5) is 4.79 Å². The van der Waals surface area contributed by atoms with E-state index >= 15 is 0 Å². The van der Waals surface area contributed by atoms with Gasteiger partial charge in [0.2, 0.25) is 0 Å². The topological polar surface area (TPSA) is 75.2 Å². The zero-order valence-corrected chi connectivity index (χ0v) is 27.1. The fourth-order valence-electron chi connectivity index (χ4n) is 4.14. The SMILES string of the molecule is COc1cc(COCCOCCNC(=O)OC(C)(C)C)ccc1CO[Si](c1ccccc1)c1ccc(C(C)(C)C)cc1. The van der Waals surface area contributed by atoms with Crippen molar-refractivity contribution in [1.82, 2.24) is 5.32 Å². The van der Waals surface area contributed by atoms with Crippen molar-refractivity contribution in [3.8, 4) is 5.75 Å². The van der Waals surface area contributed by atoms with E-state index in [9.17, 15) is 4.79 Å². The number of benzene rings is 3. The number of methoxy groups -OCH3 is 1. The van der Waals surface area contributed by atoms with Crippen LogP contribution in [0.15, 0.2) is 72.8 Å². The van der Waals surface area contributed by atoms with Crippen molar-refractivity contribution in [2.75, 3.05) is 33.5 Å². The average molecular weight is 593 g/mol. The lowest BCUT2D eigenvalue weighted by Crippen LogP contribution is -2.44. The zero-order chi connectivity index (χ0) is 30.6. The Morgan fingerprint density at radius 3 is 2.10 bits per heavy atom. The molecule has 1 N–H and O–H groups in total. The molecule has 0 fully saturated rings. The van der Waals surface area contributed by atoms with Gasteiger partial charge in [0, 0.05) is 12.1 Å². The lowest BCUT2D eigenvalue weighted by Gasteiger charge is -2.21. The van der Waals surface area contributed by atoms with Gasteiger partial charge in [-0.25, -0.2) is 4.79 Å². The summed E-state index contributed by atoms with van der Waals surface area (Å²) in [6, 6.07) is 25.4. The Morgan fingerprint density at radius 2 is 1.45 bits per heavy atom. The van der Waals surface area contributed by atoms with E-state index in [2.05, 4.69) is 74.6 Å². The summed E-state index contributed by atoms with van der Waals surface area (Å²) in [5.74, 6) is 0.776. The molecule has 7 nitrogen and oxygen atoms in total.